The molecule has 2 rings (SSSR count). The fourth-order valence-electron chi connectivity index (χ4n) is 0.915. The van der Waals surface area contributed by atoms with Crippen LogP contribution >= 0.6 is 34.3 Å². The lowest BCUT2D eigenvalue weighted by Gasteiger charge is -1.86. The zero-order valence-corrected chi connectivity index (χ0v) is 8.55. The molecule has 62 valence electrons. The van der Waals surface area contributed by atoms with Gasteiger partial charge in [-0.1, -0.05) is 0 Å². The van der Waals surface area contributed by atoms with E-state index >= 15 is 0 Å². The third-order valence-corrected chi connectivity index (χ3v) is 3.43. The van der Waals surface area contributed by atoms with Crippen LogP contribution in [0.3, 0.4) is 0 Å². The van der Waals surface area contributed by atoms with Crippen molar-refractivity contribution in [3.8, 4) is 11.3 Å². The molecule has 0 spiro atoms. The van der Waals surface area contributed by atoms with Crippen LogP contribution in [0.25, 0.3) is 11.3 Å². The minimum Gasteiger partial charge on any atom is -0.240 e. The molecule has 0 aliphatic rings. The first-order valence-electron chi connectivity index (χ1n) is 3.43. The van der Waals surface area contributed by atoms with Gasteiger partial charge in [0.2, 0.25) is 0 Å². The van der Waals surface area contributed by atoms with Crippen molar-refractivity contribution in [2.45, 2.75) is 5.88 Å². The van der Waals surface area contributed by atoms with Gasteiger partial charge in [-0.15, -0.1) is 22.9 Å². The van der Waals surface area contributed by atoms with Crippen LogP contribution in [0.15, 0.2) is 22.2 Å². The summed E-state index contributed by atoms with van der Waals surface area (Å²) in [4.78, 5) is 4.36. The molecule has 0 radical (unpaired) electrons. The molecule has 0 bridgehead atoms. The molecule has 0 fully saturated rings. The first kappa shape index (κ1) is 8.23. The quantitative estimate of drug-likeness (QED) is 0.698. The van der Waals surface area contributed by atoms with Crippen LogP contribution < -0.4 is 0 Å². The molecule has 2 aromatic rings. The van der Waals surface area contributed by atoms with E-state index in [2.05, 4.69) is 21.8 Å². The topological polar surface area (TPSA) is 12.9 Å². The molecule has 0 saturated carbocycles. The molecule has 0 saturated heterocycles. The maximum atomic E-state index is 5.65. The van der Waals surface area contributed by atoms with E-state index in [4.69, 9.17) is 11.6 Å². The van der Waals surface area contributed by atoms with Crippen LogP contribution in [0.2, 0.25) is 0 Å². The summed E-state index contributed by atoms with van der Waals surface area (Å²) in [5, 5.41) is 7.17. The average molecular weight is 216 g/mol. The minimum absolute atomic E-state index is 0.509. The Bertz CT molecular complexity index is 353. The number of thiazole rings is 1. The number of hydrogen-bond donors (Lipinski definition) is 0. The molecule has 4 heteroatoms. The fourth-order valence-corrected chi connectivity index (χ4v) is 2.46. The largest absolute Gasteiger partial charge is 0.240 e. The van der Waals surface area contributed by atoms with Gasteiger partial charge in [-0.25, -0.2) is 4.98 Å². The summed E-state index contributed by atoms with van der Waals surface area (Å²) >= 11 is 8.94. The van der Waals surface area contributed by atoms with Crippen molar-refractivity contribution < 1.29 is 0 Å². The van der Waals surface area contributed by atoms with Gasteiger partial charge in [0.15, 0.2) is 0 Å². The van der Waals surface area contributed by atoms with Crippen molar-refractivity contribution in [2.24, 2.45) is 0 Å². The van der Waals surface area contributed by atoms with Crippen molar-refractivity contribution in [1.29, 1.82) is 0 Å². The lowest BCUT2D eigenvalue weighted by Crippen LogP contribution is -1.75. The second-order valence-corrected chi connectivity index (χ2v) is 4.26. The third-order valence-electron chi connectivity index (χ3n) is 1.48. The Morgan fingerprint density at radius 2 is 2.33 bits per heavy atom. The van der Waals surface area contributed by atoms with Gasteiger partial charge in [-0.2, -0.15) is 11.3 Å². The maximum Gasteiger partial charge on any atom is 0.108 e. The third kappa shape index (κ3) is 1.53. The zero-order valence-electron chi connectivity index (χ0n) is 6.16. The first-order chi connectivity index (χ1) is 5.90. The van der Waals surface area contributed by atoms with Crippen molar-refractivity contribution in [3.05, 3.63) is 27.2 Å². The first-order valence-corrected chi connectivity index (χ1v) is 5.79. The van der Waals surface area contributed by atoms with E-state index in [-0.39, 0.29) is 0 Å². The summed E-state index contributed by atoms with van der Waals surface area (Å²) < 4.78 is 0. The number of hydrogen-bond acceptors (Lipinski definition) is 3. The molecular weight excluding hydrogens is 210 g/mol. The van der Waals surface area contributed by atoms with Gasteiger partial charge in [-0.05, 0) is 11.4 Å². The van der Waals surface area contributed by atoms with E-state index in [1.165, 1.54) is 5.56 Å². The van der Waals surface area contributed by atoms with Gasteiger partial charge in [-0.3, -0.25) is 0 Å². The number of nitrogens with zero attached hydrogens (tertiary/aromatic N) is 1. The monoisotopic (exact) mass is 215 g/mol. The highest BCUT2D eigenvalue weighted by Crippen LogP contribution is 2.24. The Kier molecular flexibility index (Phi) is 2.44. The second kappa shape index (κ2) is 3.56. The highest BCUT2D eigenvalue weighted by Gasteiger charge is 2.02. The van der Waals surface area contributed by atoms with Crippen LogP contribution in [0.1, 0.15) is 5.01 Å². The Morgan fingerprint density at radius 3 is 2.92 bits per heavy atom. The summed E-state index contributed by atoms with van der Waals surface area (Å²) in [5.74, 6) is 0.509. The minimum atomic E-state index is 0.509. The molecule has 12 heavy (non-hydrogen) atoms. The lowest BCUT2D eigenvalue weighted by atomic mass is 10.3. The van der Waals surface area contributed by atoms with E-state index in [9.17, 15) is 0 Å². The van der Waals surface area contributed by atoms with E-state index in [1.807, 2.05) is 5.38 Å². The standard InChI is InChI=1S/C8H6ClNS2/c9-3-8-10-7(5-12-8)6-1-2-11-4-6/h1-2,4-5H,3H2. The smallest absolute Gasteiger partial charge is 0.108 e. The van der Waals surface area contributed by atoms with E-state index in [0.29, 0.717) is 5.88 Å². The predicted molar refractivity (Wildman–Crippen MR) is 55.0 cm³/mol. The molecule has 0 aliphatic heterocycles. The van der Waals surface area contributed by atoms with Gasteiger partial charge in [0.25, 0.3) is 0 Å². The van der Waals surface area contributed by atoms with Gasteiger partial charge in [0.1, 0.15) is 5.01 Å². The van der Waals surface area contributed by atoms with Gasteiger partial charge in [0.05, 0.1) is 11.6 Å². The van der Waals surface area contributed by atoms with Crippen molar-refractivity contribution in [1.82, 2.24) is 4.98 Å². The van der Waals surface area contributed by atoms with Crippen molar-refractivity contribution in [2.75, 3.05) is 0 Å². The molecule has 0 aromatic carbocycles. The molecule has 1 nitrogen and oxygen atoms in total. The van der Waals surface area contributed by atoms with Crippen LogP contribution in [0.5, 0.6) is 0 Å². The lowest BCUT2D eigenvalue weighted by molar-refractivity contribution is 1.27. The highest BCUT2D eigenvalue weighted by atomic mass is 35.5. The Labute approximate surface area is 83.7 Å². The SMILES string of the molecule is ClCc1nc(-c2ccsc2)cs1. The molecular formula is C8H6ClNS2. The predicted octanol–water partition coefficient (Wildman–Crippen LogP) is 3.61. The summed E-state index contributed by atoms with van der Waals surface area (Å²) in [6.07, 6.45) is 0. The van der Waals surface area contributed by atoms with Crippen LogP contribution in [0, 0.1) is 0 Å². The van der Waals surface area contributed by atoms with Crippen LogP contribution in [-0.4, -0.2) is 4.98 Å². The molecule has 0 aliphatic carbocycles. The normalized spacial score (nSPS) is 10.4. The van der Waals surface area contributed by atoms with Crippen molar-refractivity contribution in [3.63, 3.8) is 0 Å². The summed E-state index contributed by atoms with van der Waals surface area (Å²) in [6.45, 7) is 0. The number of thiophene rings is 1. The fraction of sp³-hybridized carbons (Fsp3) is 0.125. The molecule has 0 amide bonds. The van der Waals surface area contributed by atoms with Crippen molar-refractivity contribution >= 4 is 34.3 Å². The Hall–Kier alpha value is -0.380. The van der Waals surface area contributed by atoms with Gasteiger partial charge >= 0.3 is 0 Å². The summed E-state index contributed by atoms with van der Waals surface area (Å²) in [7, 11) is 0. The maximum absolute atomic E-state index is 5.65. The zero-order chi connectivity index (χ0) is 8.39. The number of halogens is 1. The van der Waals surface area contributed by atoms with E-state index in [1.54, 1.807) is 22.7 Å². The molecule has 2 heterocycles. The molecule has 0 atom stereocenters. The Morgan fingerprint density at radius 1 is 1.42 bits per heavy atom. The molecule has 2 aromatic heterocycles. The number of rotatable bonds is 2. The summed E-state index contributed by atoms with van der Waals surface area (Å²) in [5.41, 5.74) is 2.23. The van der Waals surface area contributed by atoms with E-state index < -0.39 is 0 Å². The second-order valence-electron chi connectivity index (χ2n) is 2.27. The number of alkyl halides is 1. The number of aromatic nitrogens is 1. The average Bonchev–Trinajstić information content (AvgIpc) is 2.75. The Balaban J connectivity index is 2.35. The van der Waals surface area contributed by atoms with Crippen LogP contribution in [-0.2, 0) is 5.88 Å². The van der Waals surface area contributed by atoms with E-state index in [0.717, 1.165) is 10.7 Å². The van der Waals surface area contributed by atoms with Gasteiger partial charge < -0.3 is 0 Å². The molecule has 0 N–H and O–H groups in total. The summed E-state index contributed by atoms with van der Waals surface area (Å²) in [6, 6.07) is 2.07. The van der Waals surface area contributed by atoms with Crippen LogP contribution in [0.4, 0.5) is 0 Å². The van der Waals surface area contributed by atoms with Gasteiger partial charge in [0, 0.05) is 16.3 Å². The molecule has 0 unspecified atom stereocenters. The highest BCUT2D eigenvalue weighted by molar-refractivity contribution is 7.10.